The van der Waals surface area contributed by atoms with Gasteiger partial charge < -0.3 is 27.9 Å². The average molecular weight is 693 g/mol. The summed E-state index contributed by atoms with van der Waals surface area (Å²) in [5.41, 5.74) is 2.94. The summed E-state index contributed by atoms with van der Waals surface area (Å²) in [4.78, 5) is 3.46. The Labute approximate surface area is 287 Å². The molecule has 5 rings (SSSR count). The zero-order valence-corrected chi connectivity index (χ0v) is 31.5. The lowest BCUT2D eigenvalue weighted by Crippen LogP contribution is -2.41. The van der Waals surface area contributed by atoms with Crippen LogP contribution in [0.3, 0.4) is 0 Å². The molecule has 0 aromatic heterocycles. The minimum Gasteiger partial charge on any atom is -0.405 e. The smallest absolute Gasteiger partial charge is 0.405 e. The van der Waals surface area contributed by atoms with Crippen LogP contribution in [-0.4, -0.2) is 56.1 Å². The molecule has 0 saturated carbocycles. The van der Waals surface area contributed by atoms with Crippen molar-refractivity contribution >= 4 is 49.6 Å². The lowest BCUT2D eigenvalue weighted by atomic mass is 9.78. The minimum absolute atomic E-state index is 0.187. The van der Waals surface area contributed by atoms with Gasteiger partial charge in [-0.25, -0.2) is 4.85 Å². The third-order valence-electron chi connectivity index (χ3n) is 9.45. The molecule has 3 saturated heterocycles. The highest BCUT2D eigenvalue weighted by molar-refractivity contribution is 9.10. The van der Waals surface area contributed by atoms with Crippen molar-refractivity contribution in [2.75, 3.05) is 0 Å². The maximum absolute atomic E-state index is 8.54. The maximum Gasteiger partial charge on any atom is 0.494 e. The summed E-state index contributed by atoms with van der Waals surface area (Å²) in [6.07, 6.45) is 0. The first kappa shape index (κ1) is 40.0. The average Bonchev–Trinajstić information content (AvgIpc) is 3.42. The first-order valence-electron chi connectivity index (χ1n) is 15.3. The second-order valence-corrected chi connectivity index (χ2v) is 15.4. The van der Waals surface area contributed by atoms with Crippen LogP contribution < -0.4 is 5.46 Å². The molecule has 0 aliphatic carbocycles. The number of halogens is 1. The zero-order valence-electron chi connectivity index (χ0n) is 29.9. The fourth-order valence-corrected chi connectivity index (χ4v) is 4.25. The van der Waals surface area contributed by atoms with Gasteiger partial charge in [0.15, 0.2) is 5.69 Å². The third-order valence-corrected chi connectivity index (χ3v) is 9.94. The number of benzene rings is 2. The molecular weight excluding hydrogens is 645 g/mol. The zero-order chi connectivity index (χ0) is 35.4. The fraction of sp³-hybridized carbons (Fsp3) is 0.588. The Hall–Kier alpha value is -2.15. The number of hydrogen-bond acceptors (Lipinski definition) is 7. The summed E-state index contributed by atoms with van der Waals surface area (Å²) in [6.45, 7) is 35.1. The standard InChI is InChI=1S/C14H18BNO2.C8H6BrN.2C6H12BO2/c1-10-9-11(7-8-12(10)16-6)15-17-13(2,3)14(4,5)18-15;1-6-4-8(9)3-2-7(6)5-10;2*1-5(2)6(3,4)9-7-8-5/h7-9H,1-5H3;2-4H,1H3;2*1-4H3. The van der Waals surface area contributed by atoms with Crippen molar-refractivity contribution in [1.82, 2.24) is 0 Å². The van der Waals surface area contributed by atoms with Crippen LogP contribution in [0.2, 0.25) is 0 Å². The van der Waals surface area contributed by atoms with Crippen LogP contribution in [-0.2, 0) is 27.9 Å². The Kier molecular flexibility index (Phi) is 13.0. The van der Waals surface area contributed by atoms with Gasteiger partial charge in [0.25, 0.3) is 0 Å². The Morgan fingerprint density at radius 1 is 0.674 bits per heavy atom. The molecule has 2 aromatic rings. The monoisotopic (exact) mass is 692 g/mol. The van der Waals surface area contributed by atoms with Crippen molar-refractivity contribution in [3.05, 3.63) is 69.0 Å². The van der Waals surface area contributed by atoms with Crippen LogP contribution in [0.4, 0.5) is 5.69 Å². The molecule has 3 aliphatic rings. The Balaban J connectivity index is 0.000000226. The number of nitrogens with zero attached hydrogens (tertiary/aromatic N) is 2. The molecule has 12 heteroatoms. The van der Waals surface area contributed by atoms with Crippen LogP contribution in [0.1, 0.15) is 99.8 Å². The van der Waals surface area contributed by atoms with Crippen LogP contribution >= 0.6 is 15.9 Å². The normalized spacial score (nSPS) is 21.7. The number of hydrogen-bond donors (Lipinski definition) is 0. The van der Waals surface area contributed by atoms with E-state index in [9.17, 15) is 0 Å². The van der Waals surface area contributed by atoms with Gasteiger partial charge in [0.2, 0.25) is 0 Å². The van der Waals surface area contributed by atoms with Crippen LogP contribution in [0.5, 0.6) is 0 Å². The van der Waals surface area contributed by atoms with Crippen molar-refractivity contribution in [3.63, 3.8) is 0 Å². The second kappa shape index (κ2) is 15.0. The first-order valence-corrected chi connectivity index (χ1v) is 16.1. The Bertz CT molecular complexity index is 1370. The highest BCUT2D eigenvalue weighted by atomic mass is 79.9. The molecule has 3 fully saturated rings. The van der Waals surface area contributed by atoms with E-state index >= 15 is 0 Å². The molecule has 0 atom stereocenters. The van der Waals surface area contributed by atoms with E-state index in [4.69, 9.17) is 39.8 Å². The minimum atomic E-state index is -0.353. The fourth-order valence-electron chi connectivity index (χ4n) is 3.78. The number of rotatable bonds is 1. The highest BCUT2D eigenvalue weighted by Crippen LogP contribution is 2.37. The van der Waals surface area contributed by atoms with E-state index in [0.717, 1.165) is 26.6 Å². The number of aryl methyl sites for hydroxylation is 2. The predicted octanol–water partition coefficient (Wildman–Crippen LogP) is 7.72. The van der Waals surface area contributed by atoms with Gasteiger partial charge in [-0.2, -0.15) is 5.26 Å². The molecule has 2 radical (unpaired) electrons. The van der Waals surface area contributed by atoms with Crippen LogP contribution in [0, 0.1) is 31.8 Å². The predicted molar refractivity (Wildman–Crippen MR) is 189 cm³/mol. The van der Waals surface area contributed by atoms with E-state index in [-0.39, 0.29) is 40.7 Å². The van der Waals surface area contributed by atoms with Crippen molar-refractivity contribution in [1.29, 1.82) is 5.26 Å². The quantitative estimate of drug-likeness (QED) is 0.224. The van der Waals surface area contributed by atoms with Crippen molar-refractivity contribution in [2.24, 2.45) is 0 Å². The van der Waals surface area contributed by atoms with Crippen molar-refractivity contribution < 1.29 is 27.9 Å². The molecule has 0 N–H and O–H groups in total. The van der Waals surface area contributed by atoms with Crippen molar-refractivity contribution in [2.45, 2.75) is 131 Å². The highest BCUT2D eigenvalue weighted by Gasteiger charge is 2.51. The molecule has 0 bridgehead atoms. The summed E-state index contributed by atoms with van der Waals surface area (Å²) < 4.78 is 33.8. The van der Waals surface area contributed by atoms with Gasteiger partial charge in [0.05, 0.1) is 51.8 Å². The molecule has 0 unspecified atom stereocenters. The van der Waals surface area contributed by atoms with E-state index in [0.29, 0.717) is 5.69 Å². The van der Waals surface area contributed by atoms with Crippen LogP contribution in [0.15, 0.2) is 40.9 Å². The summed E-state index contributed by atoms with van der Waals surface area (Å²) in [5.74, 6) is 0. The summed E-state index contributed by atoms with van der Waals surface area (Å²) in [6, 6.07) is 13.4. The second-order valence-electron chi connectivity index (χ2n) is 14.5. The van der Waals surface area contributed by atoms with E-state index in [2.05, 4.69) is 26.8 Å². The van der Waals surface area contributed by atoms with E-state index < -0.39 is 0 Å². The van der Waals surface area contributed by atoms with Crippen molar-refractivity contribution in [3.8, 4) is 6.07 Å². The molecule has 8 nitrogen and oxygen atoms in total. The van der Waals surface area contributed by atoms with Gasteiger partial charge in [-0.3, -0.25) is 0 Å². The molecule has 0 spiro atoms. The molecule has 0 amide bonds. The summed E-state index contributed by atoms with van der Waals surface area (Å²) in [7, 11) is 2.48. The maximum atomic E-state index is 8.54. The summed E-state index contributed by atoms with van der Waals surface area (Å²) >= 11 is 3.32. The topological polar surface area (TPSA) is 83.5 Å². The molecule has 3 heterocycles. The molecule has 46 heavy (non-hydrogen) atoms. The van der Waals surface area contributed by atoms with E-state index in [1.807, 2.05) is 127 Å². The van der Waals surface area contributed by atoms with Gasteiger partial charge in [-0.15, -0.1) is 0 Å². The van der Waals surface area contributed by atoms with Gasteiger partial charge in [-0.1, -0.05) is 34.1 Å². The van der Waals surface area contributed by atoms with Gasteiger partial charge >= 0.3 is 22.5 Å². The Morgan fingerprint density at radius 2 is 1.11 bits per heavy atom. The van der Waals surface area contributed by atoms with E-state index in [1.54, 1.807) is 6.07 Å². The lowest BCUT2D eigenvalue weighted by molar-refractivity contribution is 0.00578. The molecule has 246 valence electrons. The van der Waals surface area contributed by atoms with Gasteiger partial charge in [0.1, 0.15) is 0 Å². The largest absolute Gasteiger partial charge is 0.494 e. The summed E-state index contributed by atoms with van der Waals surface area (Å²) in [5, 5.41) is 8.54. The van der Waals surface area contributed by atoms with Gasteiger partial charge in [0, 0.05) is 4.47 Å². The molecule has 2 aromatic carbocycles. The third kappa shape index (κ3) is 9.70. The Morgan fingerprint density at radius 3 is 1.41 bits per heavy atom. The number of nitriles is 1. The first-order chi connectivity index (χ1) is 20.9. The van der Waals surface area contributed by atoms with Gasteiger partial charge in [-0.05, 0) is 132 Å². The van der Waals surface area contributed by atoms with Crippen LogP contribution in [0.25, 0.3) is 4.85 Å². The molecule has 3 aliphatic heterocycles. The lowest BCUT2D eigenvalue weighted by Gasteiger charge is -2.32. The molecular formula is C34H48B3BrN2O6. The SMILES string of the molecule is CC1(C)O[B]OC1(C)C.CC1(C)O[B]OC1(C)C.Cc1cc(Br)ccc1C#N.[C-]#[N+]c1ccc(B2OC(C)(C)C(C)(C)O2)cc1C. The van der Waals surface area contributed by atoms with E-state index in [1.165, 1.54) is 15.4 Å².